The highest BCUT2D eigenvalue weighted by molar-refractivity contribution is 5.93. The number of aromatic nitrogens is 3. The number of carbonyl (C=O) groups excluding carboxylic acids is 1. The van der Waals surface area contributed by atoms with Crippen molar-refractivity contribution in [3.8, 4) is 5.88 Å². The van der Waals surface area contributed by atoms with Crippen molar-refractivity contribution in [1.29, 1.82) is 0 Å². The summed E-state index contributed by atoms with van der Waals surface area (Å²) < 4.78 is 46.1. The zero-order chi connectivity index (χ0) is 29.2. The molecule has 8 nitrogen and oxygen atoms in total. The number of nitrogens with zero attached hydrogens (tertiary/aromatic N) is 4. The van der Waals surface area contributed by atoms with E-state index in [4.69, 9.17) is 19.2 Å². The van der Waals surface area contributed by atoms with Crippen molar-refractivity contribution in [2.24, 2.45) is 0 Å². The molecule has 2 fully saturated rings. The van der Waals surface area contributed by atoms with Gasteiger partial charge in [-0.3, -0.25) is 4.90 Å². The van der Waals surface area contributed by atoms with Crippen LogP contribution in [0.2, 0.25) is 0 Å². The standard InChI is InChI=1S/C32H34F2N4O4/c1-20(31-36-28-9-6-22(32(39)40-2)17-29(28)38(31)18-25-12-15-41-25)37-13-10-21(11-14-37)27-4-3-5-30(35-27)42-19-23-16-24(33)7-8-26(23)34/h3-9,16-17,20-21,25H,10-15,18-19H2,1-2H3/t20-,25-/m0/s1. The van der Waals surface area contributed by atoms with E-state index in [-0.39, 0.29) is 36.2 Å². The molecule has 0 spiro atoms. The van der Waals surface area contributed by atoms with E-state index in [1.54, 1.807) is 12.1 Å². The molecule has 220 valence electrons. The van der Waals surface area contributed by atoms with E-state index in [0.717, 1.165) is 79.7 Å². The summed E-state index contributed by atoms with van der Waals surface area (Å²) in [6.45, 7) is 5.27. The van der Waals surface area contributed by atoms with Gasteiger partial charge in [-0.2, -0.15) is 0 Å². The van der Waals surface area contributed by atoms with Gasteiger partial charge in [-0.05, 0) is 81.7 Å². The van der Waals surface area contributed by atoms with Crippen LogP contribution in [0.4, 0.5) is 8.78 Å². The molecule has 0 bridgehead atoms. The summed E-state index contributed by atoms with van der Waals surface area (Å²) in [5.41, 5.74) is 3.34. The van der Waals surface area contributed by atoms with Gasteiger partial charge in [-0.15, -0.1) is 0 Å². The smallest absolute Gasteiger partial charge is 0.337 e. The van der Waals surface area contributed by atoms with Crippen LogP contribution in [0.1, 0.15) is 65.6 Å². The van der Waals surface area contributed by atoms with Crippen LogP contribution in [0.25, 0.3) is 11.0 Å². The second kappa shape index (κ2) is 12.1. The lowest BCUT2D eigenvalue weighted by molar-refractivity contribution is -0.0594. The second-order valence-corrected chi connectivity index (χ2v) is 11.0. The van der Waals surface area contributed by atoms with Gasteiger partial charge in [0.1, 0.15) is 24.1 Å². The van der Waals surface area contributed by atoms with E-state index < -0.39 is 11.6 Å². The third-order valence-corrected chi connectivity index (χ3v) is 8.38. The van der Waals surface area contributed by atoms with E-state index in [1.165, 1.54) is 7.11 Å². The number of benzene rings is 2. The quantitative estimate of drug-likeness (QED) is 0.233. The average molecular weight is 577 g/mol. The Bertz CT molecular complexity index is 1580. The Balaban J connectivity index is 1.14. The summed E-state index contributed by atoms with van der Waals surface area (Å²) in [7, 11) is 1.38. The molecule has 42 heavy (non-hydrogen) atoms. The van der Waals surface area contributed by atoms with Gasteiger partial charge >= 0.3 is 5.97 Å². The molecule has 6 rings (SSSR count). The summed E-state index contributed by atoms with van der Waals surface area (Å²) in [6, 6.07) is 14.5. The monoisotopic (exact) mass is 576 g/mol. The third-order valence-electron chi connectivity index (χ3n) is 8.38. The van der Waals surface area contributed by atoms with Gasteiger partial charge in [0, 0.05) is 29.8 Å². The molecule has 2 aromatic heterocycles. The Morgan fingerprint density at radius 2 is 1.88 bits per heavy atom. The van der Waals surface area contributed by atoms with E-state index in [0.29, 0.717) is 18.0 Å². The van der Waals surface area contributed by atoms with Gasteiger partial charge in [0.2, 0.25) is 5.88 Å². The lowest BCUT2D eigenvalue weighted by Gasteiger charge is -2.36. The first kappa shape index (κ1) is 28.2. The molecule has 0 unspecified atom stereocenters. The van der Waals surface area contributed by atoms with Crippen LogP contribution in [-0.4, -0.2) is 58.3 Å². The zero-order valence-corrected chi connectivity index (χ0v) is 23.8. The fourth-order valence-electron chi connectivity index (χ4n) is 5.82. The van der Waals surface area contributed by atoms with Crippen molar-refractivity contribution in [3.63, 3.8) is 0 Å². The van der Waals surface area contributed by atoms with Crippen molar-refractivity contribution < 1.29 is 27.8 Å². The Morgan fingerprint density at radius 3 is 2.62 bits per heavy atom. The minimum Gasteiger partial charge on any atom is -0.473 e. The lowest BCUT2D eigenvalue weighted by Crippen LogP contribution is -2.37. The Kier molecular flexibility index (Phi) is 8.17. The number of pyridine rings is 1. The van der Waals surface area contributed by atoms with Crippen LogP contribution in [0, 0.1) is 11.6 Å². The van der Waals surface area contributed by atoms with Crippen molar-refractivity contribution in [2.75, 3.05) is 26.8 Å². The van der Waals surface area contributed by atoms with Gasteiger partial charge in [0.25, 0.3) is 0 Å². The molecule has 2 atom stereocenters. The molecule has 2 aromatic carbocycles. The highest BCUT2D eigenvalue weighted by Gasteiger charge is 2.30. The first-order chi connectivity index (χ1) is 20.4. The maximum absolute atomic E-state index is 14.0. The number of ether oxygens (including phenoxy) is 3. The molecule has 0 radical (unpaired) electrons. The van der Waals surface area contributed by atoms with Crippen LogP contribution in [0.15, 0.2) is 54.6 Å². The number of hydrogen-bond donors (Lipinski definition) is 0. The number of fused-ring (bicyclic) bond motifs is 1. The first-order valence-electron chi connectivity index (χ1n) is 14.4. The van der Waals surface area contributed by atoms with Gasteiger partial charge in [-0.1, -0.05) is 6.07 Å². The molecule has 4 heterocycles. The number of imidazole rings is 1. The van der Waals surface area contributed by atoms with Crippen LogP contribution in [0.3, 0.4) is 0 Å². The largest absolute Gasteiger partial charge is 0.473 e. The van der Waals surface area contributed by atoms with Gasteiger partial charge in [-0.25, -0.2) is 23.5 Å². The topological polar surface area (TPSA) is 78.7 Å². The number of halogens is 2. The molecule has 0 saturated carbocycles. The SMILES string of the molecule is COC(=O)c1ccc2nc([C@H](C)N3CCC(c4cccc(OCc5cc(F)ccc5F)n4)CC3)n(C[C@@H]3CCO3)c2c1. The number of hydrogen-bond acceptors (Lipinski definition) is 7. The number of piperidine rings is 1. The highest BCUT2D eigenvalue weighted by atomic mass is 19.1. The molecule has 0 N–H and O–H groups in total. The van der Waals surface area contributed by atoms with Crippen molar-refractivity contribution >= 4 is 17.0 Å². The molecule has 2 saturated heterocycles. The average Bonchev–Trinajstić information content (AvgIpc) is 3.36. The van der Waals surface area contributed by atoms with Crippen LogP contribution in [0.5, 0.6) is 5.88 Å². The zero-order valence-electron chi connectivity index (χ0n) is 23.8. The summed E-state index contributed by atoms with van der Waals surface area (Å²) in [5.74, 6) is 0.227. The van der Waals surface area contributed by atoms with Gasteiger partial charge in [0.15, 0.2) is 0 Å². The number of methoxy groups -OCH3 is 1. The highest BCUT2D eigenvalue weighted by Crippen LogP contribution is 2.34. The fourth-order valence-corrected chi connectivity index (χ4v) is 5.82. The number of likely N-dealkylation sites (tertiary alicyclic amines) is 1. The lowest BCUT2D eigenvalue weighted by atomic mass is 9.92. The predicted molar refractivity (Wildman–Crippen MR) is 152 cm³/mol. The van der Waals surface area contributed by atoms with Crippen LogP contribution < -0.4 is 4.74 Å². The van der Waals surface area contributed by atoms with Gasteiger partial charge in [0.05, 0.1) is 42.4 Å². The van der Waals surface area contributed by atoms with Crippen LogP contribution >= 0.6 is 0 Å². The Morgan fingerprint density at radius 1 is 1.07 bits per heavy atom. The first-order valence-corrected chi connectivity index (χ1v) is 14.4. The van der Waals surface area contributed by atoms with Crippen molar-refractivity contribution in [2.45, 2.75) is 57.4 Å². The molecule has 2 aliphatic rings. The Labute approximate surface area is 243 Å². The van der Waals surface area contributed by atoms with Crippen molar-refractivity contribution in [1.82, 2.24) is 19.4 Å². The Hall–Kier alpha value is -3.89. The molecule has 0 aliphatic carbocycles. The van der Waals surface area contributed by atoms with Crippen LogP contribution in [-0.2, 0) is 22.6 Å². The third kappa shape index (κ3) is 5.87. The normalized spacial score (nSPS) is 18.5. The number of carbonyl (C=O) groups is 1. The van der Waals surface area contributed by atoms with E-state index in [9.17, 15) is 13.6 Å². The van der Waals surface area contributed by atoms with Crippen molar-refractivity contribution in [3.05, 3.63) is 88.9 Å². The number of rotatable bonds is 9. The molecular weight excluding hydrogens is 542 g/mol. The fraction of sp³-hybridized carbons (Fsp3) is 0.406. The number of esters is 1. The maximum atomic E-state index is 14.0. The van der Waals surface area contributed by atoms with E-state index >= 15 is 0 Å². The molecule has 2 aliphatic heterocycles. The molecule has 10 heteroatoms. The predicted octanol–water partition coefficient (Wildman–Crippen LogP) is 5.80. The molecule has 0 amide bonds. The van der Waals surface area contributed by atoms with Gasteiger partial charge < -0.3 is 18.8 Å². The minimum atomic E-state index is -0.508. The summed E-state index contributed by atoms with van der Waals surface area (Å²) in [5, 5.41) is 0. The van der Waals surface area contributed by atoms with E-state index in [1.807, 2.05) is 24.3 Å². The minimum absolute atomic E-state index is 0.0591. The summed E-state index contributed by atoms with van der Waals surface area (Å²) in [6.07, 6.45) is 2.97. The molecule has 4 aromatic rings. The summed E-state index contributed by atoms with van der Waals surface area (Å²) in [4.78, 5) is 24.3. The second-order valence-electron chi connectivity index (χ2n) is 11.0. The molecular formula is C32H34F2N4O4. The van der Waals surface area contributed by atoms with E-state index in [2.05, 4.69) is 21.4 Å². The summed E-state index contributed by atoms with van der Waals surface area (Å²) >= 11 is 0. The maximum Gasteiger partial charge on any atom is 0.337 e.